The third kappa shape index (κ3) is 3.59. The quantitative estimate of drug-likeness (QED) is 0.733. The Hall–Kier alpha value is -2.47. The molecule has 6 heteroatoms. The molecule has 116 valence electrons. The molecule has 0 aliphatic carbocycles. The first kappa shape index (κ1) is 15.9. The number of carbonyl (C=O) groups is 1. The number of anilines is 1. The first-order valence-electron chi connectivity index (χ1n) is 6.96. The first-order chi connectivity index (χ1) is 10.4. The summed E-state index contributed by atoms with van der Waals surface area (Å²) in [6.07, 6.45) is 0.698. The number of ketones is 1. The van der Waals surface area contributed by atoms with E-state index in [1.165, 1.54) is 25.3 Å². The van der Waals surface area contributed by atoms with Crippen molar-refractivity contribution in [1.29, 1.82) is 0 Å². The fourth-order valence-electron chi connectivity index (χ4n) is 2.12. The molecular weight excluding hydrogens is 282 g/mol. The zero-order chi connectivity index (χ0) is 16.3. The minimum atomic E-state index is -0.781. The highest BCUT2D eigenvalue weighted by Gasteiger charge is 2.18. The van der Waals surface area contributed by atoms with Gasteiger partial charge in [-0.25, -0.2) is 9.97 Å². The monoisotopic (exact) mass is 301 g/mol. The second kappa shape index (κ2) is 6.53. The Morgan fingerprint density at radius 3 is 2.45 bits per heavy atom. The number of aromatic nitrogens is 2. The maximum atomic E-state index is 11.4. The van der Waals surface area contributed by atoms with Crippen LogP contribution in [0.4, 0.5) is 5.95 Å². The number of aromatic hydroxyl groups is 1. The Balaban J connectivity index is 2.11. The summed E-state index contributed by atoms with van der Waals surface area (Å²) in [6.45, 7) is 5.01. The van der Waals surface area contributed by atoms with Gasteiger partial charge in [-0.05, 0) is 38.5 Å². The Morgan fingerprint density at radius 1 is 1.27 bits per heavy atom. The molecule has 22 heavy (non-hydrogen) atoms. The summed E-state index contributed by atoms with van der Waals surface area (Å²) >= 11 is 0. The van der Waals surface area contributed by atoms with Crippen LogP contribution in [-0.2, 0) is 0 Å². The molecule has 0 amide bonds. The molecule has 0 spiro atoms. The van der Waals surface area contributed by atoms with E-state index >= 15 is 0 Å². The highest BCUT2D eigenvalue weighted by molar-refractivity contribution is 5.94. The zero-order valence-electron chi connectivity index (χ0n) is 12.7. The van der Waals surface area contributed by atoms with Crippen molar-refractivity contribution in [3.05, 3.63) is 47.3 Å². The molecule has 0 saturated heterocycles. The van der Waals surface area contributed by atoms with Gasteiger partial charge in [0, 0.05) is 6.20 Å². The predicted octanol–water partition coefficient (Wildman–Crippen LogP) is 2.23. The SMILES string of the molecule is CC(=O)c1cnc(N[C@H](C)[C@@H](O)c2ccc(O)cc2)nc1C. The van der Waals surface area contributed by atoms with Crippen molar-refractivity contribution in [1.82, 2.24) is 9.97 Å². The number of nitrogens with zero attached hydrogens (tertiary/aromatic N) is 2. The van der Waals surface area contributed by atoms with Gasteiger partial charge in [-0.3, -0.25) is 4.79 Å². The van der Waals surface area contributed by atoms with Crippen LogP contribution in [0.1, 0.15) is 41.6 Å². The largest absolute Gasteiger partial charge is 0.508 e. The Kier molecular flexibility index (Phi) is 4.72. The Labute approximate surface area is 128 Å². The normalized spacial score (nSPS) is 13.5. The molecule has 2 rings (SSSR count). The van der Waals surface area contributed by atoms with Crippen molar-refractivity contribution in [2.24, 2.45) is 0 Å². The fourth-order valence-corrected chi connectivity index (χ4v) is 2.12. The van der Waals surface area contributed by atoms with E-state index in [0.717, 1.165) is 0 Å². The number of nitrogens with one attached hydrogen (secondary N) is 1. The summed E-state index contributed by atoms with van der Waals surface area (Å²) in [5.41, 5.74) is 1.75. The van der Waals surface area contributed by atoms with Crippen LogP contribution in [0.15, 0.2) is 30.5 Å². The summed E-state index contributed by atoms with van der Waals surface area (Å²) in [4.78, 5) is 19.7. The number of hydrogen-bond donors (Lipinski definition) is 3. The molecule has 1 heterocycles. The highest BCUT2D eigenvalue weighted by atomic mass is 16.3. The van der Waals surface area contributed by atoms with Crippen LogP contribution in [0.5, 0.6) is 5.75 Å². The number of aliphatic hydroxyl groups excluding tert-OH is 1. The van der Waals surface area contributed by atoms with Crippen molar-refractivity contribution in [3.8, 4) is 5.75 Å². The van der Waals surface area contributed by atoms with Gasteiger partial charge in [0.15, 0.2) is 5.78 Å². The topological polar surface area (TPSA) is 95.3 Å². The summed E-state index contributed by atoms with van der Waals surface area (Å²) < 4.78 is 0. The van der Waals surface area contributed by atoms with Crippen molar-refractivity contribution >= 4 is 11.7 Å². The molecule has 0 fully saturated rings. The smallest absolute Gasteiger partial charge is 0.223 e. The van der Waals surface area contributed by atoms with Gasteiger partial charge in [-0.15, -0.1) is 0 Å². The third-order valence-corrected chi connectivity index (χ3v) is 3.42. The lowest BCUT2D eigenvalue weighted by molar-refractivity contribution is 0.101. The molecule has 3 N–H and O–H groups in total. The zero-order valence-corrected chi connectivity index (χ0v) is 12.7. The summed E-state index contributed by atoms with van der Waals surface area (Å²) in [5.74, 6) is 0.421. The predicted molar refractivity (Wildman–Crippen MR) is 82.9 cm³/mol. The third-order valence-electron chi connectivity index (χ3n) is 3.42. The van der Waals surface area contributed by atoms with E-state index in [1.807, 2.05) is 0 Å². The van der Waals surface area contributed by atoms with E-state index in [-0.39, 0.29) is 17.6 Å². The molecule has 0 unspecified atom stereocenters. The number of phenolic OH excluding ortho intramolecular Hbond substituents is 1. The number of aliphatic hydroxyl groups is 1. The molecule has 0 aliphatic rings. The van der Waals surface area contributed by atoms with E-state index in [2.05, 4.69) is 15.3 Å². The van der Waals surface area contributed by atoms with E-state index in [0.29, 0.717) is 22.8 Å². The lowest BCUT2D eigenvalue weighted by Crippen LogP contribution is -2.25. The van der Waals surface area contributed by atoms with Crippen molar-refractivity contribution in [2.45, 2.75) is 32.9 Å². The number of Topliss-reactive ketones (excluding diaryl/α,β-unsaturated/α-hetero) is 1. The molecule has 0 saturated carbocycles. The average Bonchev–Trinajstić information content (AvgIpc) is 2.47. The maximum Gasteiger partial charge on any atom is 0.223 e. The standard InChI is InChI=1S/C16H19N3O3/c1-9-14(11(3)20)8-17-16(18-9)19-10(2)15(22)12-4-6-13(21)7-5-12/h4-8,10,15,21-22H,1-3H3,(H,17,18,19)/t10-,15-/m1/s1. The average molecular weight is 301 g/mol. The molecule has 6 nitrogen and oxygen atoms in total. The van der Waals surface area contributed by atoms with Crippen LogP contribution in [0, 0.1) is 6.92 Å². The number of carbonyl (C=O) groups excluding carboxylic acids is 1. The molecule has 2 atom stereocenters. The molecule has 1 aromatic carbocycles. The number of benzene rings is 1. The number of aryl methyl sites for hydroxylation is 1. The van der Waals surface area contributed by atoms with Crippen molar-refractivity contribution in [3.63, 3.8) is 0 Å². The van der Waals surface area contributed by atoms with Gasteiger partial charge in [0.2, 0.25) is 5.95 Å². The minimum absolute atomic E-state index is 0.0822. The van der Waals surface area contributed by atoms with E-state index in [1.54, 1.807) is 26.0 Å². The van der Waals surface area contributed by atoms with Gasteiger partial charge in [0.05, 0.1) is 23.4 Å². The molecule has 0 radical (unpaired) electrons. The second-order valence-corrected chi connectivity index (χ2v) is 5.22. The van der Waals surface area contributed by atoms with E-state index < -0.39 is 6.10 Å². The molecular formula is C16H19N3O3. The summed E-state index contributed by atoms with van der Waals surface area (Å²) in [7, 11) is 0. The van der Waals surface area contributed by atoms with E-state index in [4.69, 9.17) is 0 Å². The number of phenols is 1. The summed E-state index contributed by atoms with van der Waals surface area (Å²) in [6, 6.07) is 6.01. The van der Waals surface area contributed by atoms with Gasteiger partial charge in [-0.1, -0.05) is 12.1 Å². The van der Waals surface area contributed by atoms with Gasteiger partial charge in [0.1, 0.15) is 5.75 Å². The van der Waals surface area contributed by atoms with Gasteiger partial charge < -0.3 is 15.5 Å². The molecule has 1 aromatic heterocycles. The van der Waals surface area contributed by atoms with Crippen LogP contribution in [0.25, 0.3) is 0 Å². The van der Waals surface area contributed by atoms with Crippen LogP contribution >= 0.6 is 0 Å². The highest BCUT2D eigenvalue weighted by Crippen LogP contribution is 2.21. The fraction of sp³-hybridized carbons (Fsp3) is 0.312. The Bertz CT molecular complexity index is 671. The van der Waals surface area contributed by atoms with Gasteiger partial charge in [-0.2, -0.15) is 0 Å². The first-order valence-corrected chi connectivity index (χ1v) is 6.96. The second-order valence-electron chi connectivity index (χ2n) is 5.22. The Morgan fingerprint density at radius 2 is 1.91 bits per heavy atom. The van der Waals surface area contributed by atoms with Crippen LogP contribution in [0.2, 0.25) is 0 Å². The van der Waals surface area contributed by atoms with Crippen molar-refractivity contribution in [2.75, 3.05) is 5.32 Å². The molecule has 0 bridgehead atoms. The van der Waals surface area contributed by atoms with Crippen molar-refractivity contribution < 1.29 is 15.0 Å². The lowest BCUT2D eigenvalue weighted by atomic mass is 10.0. The van der Waals surface area contributed by atoms with Gasteiger partial charge >= 0.3 is 0 Å². The molecule has 2 aromatic rings. The minimum Gasteiger partial charge on any atom is -0.508 e. The number of rotatable bonds is 5. The maximum absolute atomic E-state index is 11.4. The lowest BCUT2D eigenvalue weighted by Gasteiger charge is -2.21. The summed E-state index contributed by atoms with van der Waals surface area (Å²) in [5, 5.41) is 22.6. The van der Waals surface area contributed by atoms with Crippen LogP contribution < -0.4 is 5.32 Å². The van der Waals surface area contributed by atoms with Crippen LogP contribution in [0.3, 0.4) is 0 Å². The van der Waals surface area contributed by atoms with Crippen LogP contribution in [-0.4, -0.2) is 32.0 Å². The molecule has 0 aliphatic heterocycles. The van der Waals surface area contributed by atoms with E-state index in [9.17, 15) is 15.0 Å². The number of hydrogen-bond acceptors (Lipinski definition) is 6. The van der Waals surface area contributed by atoms with Gasteiger partial charge in [0.25, 0.3) is 0 Å².